The summed E-state index contributed by atoms with van der Waals surface area (Å²) < 4.78 is 10.6. The van der Waals surface area contributed by atoms with Crippen LogP contribution in [0.2, 0.25) is 0 Å². The smallest absolute Gasteiger partial charge is 0.304 e. The third-order valence-corrected chi connectivity index (χ3v) is 5.50. The molecular formula is C20H26N2O5. The maximum Gasteiger partial charge on any atom is 0.304 e. The summed E-state index contributed by atoms with van der Waals surface area (Å²) >= 11 is 0. The van der Waals surface area contributed by atoms with Crippen molar-refractivity contribution in [1.82, 2.24) is 4.98 Å². The minimum Gasteiger partial charge on any atom is -0.481 e. The number of fused-ring (bicyclic) bond motifs is 1. The second-order valence-corrected chi connectivity index (χ2v) is 7.50. The fourth-order valence-corrected chi connectivity index (χ4v) is 3.98. The Hall–Kier alpha value is -2.41. The van der Waals surface area contributed by atoms with Crippen LogP contribution >= 0.6 is 0 Å². The average Bonchev–Trinajstić information content (AvgIpc) is 3.03. The zero-order valence-corrected chi connectivity index (χ0v) is 15.8. The quantitative estimate of drug-likeness (QED) is 0.760. The molecule has 27 heavy (non-hydrogen) atoms. The van der Waals surface area contributed by atoms with E-state index in [0.717, 1.165) is 32.1 Å². The number of oxazole rings is 1. The predicted octanol–water partition coefficient (Wildman–Crippen LogP) is 3.97. The normalized spacial score (nSPS) is 17.6. The maximum absolute atomic E-state index is 13.1. The summed E-state index contributed by atoms with van der Waals surface area (Å²) in [6.45, 7) is 2.05. The largest absolute Gasteiger partial charge is 0.481 e. The molecule has 1 fully saturated rings. The van der Waals surface area contributed by atoms with Gasteiger partial charge in [-0.15, -0.1) is 0 Å². The number of carboxylic acids is 1. The maximum atomic E-state index is 13.1. The summed E-state index contributed by atoms with van der Waals surface area (Å²) in [6.07, 6.45) is 4.84. The molecule has 1 atom stereocenters. The molecule has 1 aromatic carbocycles. The highest BCUT2D eigenvalue weighted by Crippen LogP contribution is 2.42. The van der Waals surface area contributed by atoms with E-state index in [9.17, 15) is 14.7 Å². The SMILES string of the molecule is COCc1nc2cc(NC(=O)C(C)(CC(=O)O)C3CCCCC3)ccc2o1. The van der Waals surface area contributed by atoms with E-state index in [1.807, 2.05) is 0 Å². The molecular weight excluding hydrogens is 348 g/mol. The Balaban J connectivity index is 1.81. The first-order valence-electron chi connectivity index (χ1n) is 9.34. The Morgan fingerprint density at radius 3 is 2.74 bits per heavy atom. The number of hydrogen-bond donors (Lipinski definition) is 2. The predicted molar refractivity (Wildman–Crippen MR) is 100 cm³/mol. The molecule has 1 aromatic heterocycles. The molecule has 0 saturated heterocycles. The molecule has 1 aliphatic carbocycles. The van der Waals surface area contributed by atoms with Crippen molar-refractivity contribution < 1.29 is 23.8 Å². The molecule has 0 spiro atoms. The lowest BCUT2D eigenvalue weighted by molar-refractivity contribution is -0.145. The van der Waals surface area contributed by atoms with Crippen LogP contribution in [-0.4, -0.2) is 29.1 Å². The Labute approximate surface area is 158 Å². The van der Waals surface area contributed by atoms with Gasteiger partial charge in [0.1, 0.15) is 12.1 Å². The van der Waals surface area contributed by atoms with Crippen molar-refractivity contribution in [3.8, 4) is 0 Å². The number of anilines is 1. The third kappa shape index (κ3) is 4.30. The van der Waals surface area contributed by atoms with Crippen molar-refractivity contribution in [3.63, 3.8) is 0 Å². The topological polar surface area (TPSA) is 102 Å². The second kappa shape index (κ2) is 8.08. The van der Waals surface area contributed by atoms with E-state index in [-0.39, 0.29) is 24.9 Å². The van der Waals surface area contributed by atoms with Crippen LogP contribution in [0.25, 0.3) is 11.1 Å². The van der Waals surface area contributed by atoms with Gasteiger partial charge in [-0.05, 0) is 43.9 Å². The first-order valence-corrected chi connectivity index (χ1v) is 9.34. The van der Waals surface area contributed by atoms with Crippen LogP contribution in [0.15, 0.2) is 22.6 Å². The molecule has 146 valence electrons. The number of nitrogens with zero attached hydrogens (tertiary/aromatic N) is 1. The van der Waals surface area contributed by atoms with Gasteiger partial charge in [0.15, 0.2) is 5.58 Å². The van der Waals surface area contributed by atoms with Gasteiger partial charge in [0, 0.05) is 12.8 Å². The zero-order chi connectivity index (χ0) is 19.4. The molecule has 3 rings (SSSR count). The molecule has 0 aliphatic heterocycles. The Bertz CT molecular complexity index is 825. The number of ether oxygens (including phenoxy) is 1. The first-order chi connectivity index (χ1) is 12.9. The van der Waals surface area contributed by atoms with Gasteiger partial charge in [-0.3, -0.25) is 9.59 Å². The van der Waals surface area contributed by atoms with Gasteiger partial charge in [0.25, 0.3) is 0 Å². The molecule has 1 heterocycles. The van der Waals surface area contributed by atoms with Crippen molar-refractivity contribution in [2.24, 2.45) is 11.3 Å². The number of aromatic nitrogens is 1. The molecule has 2 N–H and O–H groups in total. The van der Waals surface area contributed by atoms with Crippen LogP contribution in [0.5, 0.6) is 0 Å². The van der Waals surface area contributed by atoms with Crippen molar-refractivity contribution in [1.29, 1.82) is 0 Å². The molecule has 7 heteroatoms. The Morgan fingerprint density at radius 2 is 2.07 bits per heavy atom. The summed E-state index contributed by atoms with van der Waals surface area (Å²) in [5, 5.41) is 12.3. The number of aliphatic carboxylic acids is 1. The van der Waals surface area contributed by atoms with Gasteiger partial charge in [0.05, 0.1) is 11.8 Å². The number of amides is 1. The van der Waals surface area contributed by atoms with Gasteiger partial charge in [-0.2, -0.15) is 0 Å². The van der Waals surface area contributed by atoms with Crippen molar-refractivity contribution in [2.45, 2.75) is 52.1 Å². The van der Waals surface area contributed by atoms with E-state index < -0.39 is 11.4 Å². The van der Waals surface area contributed by atoms with Gasteiger partial charge < -0.3 is 19.6 Å². The molecule has 1 amide bonds. The summed E-state index contributed by atoms with van der Waals surface area (Å²) in [5.41, 5.74) is 0.877. The summed E-state index contributed by atoms with van der Waals surface area (Å²) in [4.78, 5) is 28.8. The van der Waals surface area contributed by atoms with Gasteiger partial charge >= 0.3 is 5.97 Å². The van der Waals surface area contributed by atoms with Crippen molar-refractivity contribution >= 4 is 28.7 Å². The van der Waals surface area contributed by atoms with Crippen LogP contribution in [0.3, 0.4) is 0 Å². The summed E-state index contributed by atoms with van der Waals surface area (Å²) in [5.74, 6) is -0.661. The Morgan fingerprint density at radius 1 is 1.33 bits per heavy atom. The highest BCUT2D eigenvalue weighted by atomic mass is 16.5. The fraction of sp³-hybridized carbons (Fsp3) is 0.550. The molecule has 1 unspecified atom stereocenters. The molecule has 1 aliphatic rings. The van der Waals surface area contributed by atoms with E-state index in [4.69, 9.17) is 9.15 Å². The number of methoxy groups -OCH3 is 1. The van der Waals surface area contributed by atoms with E-state index in [1.165, 1.54) is 0 Å². The summed E-state index contributed by atoms with van der Waals surface area (Å²) in [6, 6.07) is 5.22. The monoisotopic (exact) mass is 374 g/mol. The van der Waals surface area contributed by atoms with E-state index >= 15 is 0 Å². The number of rotatable bonds is 7. The minimum atomic E-state index is -0.950. The number of carbonyl (C=O) groups is 2. The lowest BCUT2D eigenvalue weighted by Gasteiger charge is -2.37. The number of hydrogen-bond acceptors (Lipinski definition) is 5. The number of carboxylic acid groups (broad SMARTS) is 1. The van der Waals surface area contributed by atoms with Crippen LogP contribution in [0.4, 0.5) is 5.69 Å². The molecule has 7 nitrogen and oxygen atoms in total. The molecule has 0 bridgehead atoms. The minimum absolute atomic E-state index is 0.0754. The van der Waals surface area contributed by atoms with Gasteiger partial charge in [-0.1, -0.05) is 19.3 Å². The van der Waals surface area contributed by atoms with E-state index in [0.29, 0.717) is 22.7 Å². The lowest BCUT2D eigenvalue weighted by Crippen LogP contribution is -2.42. The van der Waals surface area contributed by atoms with Crippen molar-refractivity contribution in [2.75, 3.05) is 12.4 Å². The Kier molecular flexibility index (Phi) is 5.79. The number of benzene rings is 1. The van der Waals surface area contributed by atoms with E-state index in [2.05, 4.69) is 10.3 Å². The fourth-order valence-electron chi connectivity index (χ4n) is 3.98. The molecule has 1 saturated carbocycles. The summed E-state index contributed by atoms with van der Waals surface area (Å²) in [7, 11) is 1.56. The van der Waals surface area contributed by atoms with Gasteiger partial charge in [-0.25, -0.2) is 4.98 Å². The standard InChI is InChI=1S/C20H26N2O5/c1-20(11-18(23)24,13-6-4-3-5-7-13)19(25)21-14-8-9-16-15(10-14)22-17(27-16)12-26-2/h8-10,13H,3-7,11-12H2,1-2H3,(H,21,25)(H,23,24). The third-order valence-electron chi connectivity index (χ3n) is 5.50. The molecule has 2 aromatic rings. The van der Waals surface area contributed by atoms with Crippen LogP contribution in [0.1, 0.15) is 51.3 Å². The van der Waals surface area contributed by atoms with Crippen LogP contribution in [-0.2, 0) is 20.9 Å². The highest BCUT2D eigenvalue weighted by Gasteiger charge is 2.43. The average molecular weight is 374 g/mol. The highest BCUT2D eigenvalue weighted by molar-refractivity contribution is 5.98. The molecule has 0 radical (unpaired) electrons. The number of nitrogens with one attached hydrogen (secondary N) is 1. The second-order valence-electron chi connectivity index (χ2n) is 7.50. The zero-order valence-electron chi connectivity index (χ0n) is 15.8. The number of carbonyl (C=O) groups excluding carboxylic acids is 1. The van der Waals surface area contributed by atoms with Crippen LogP contribution in [0, 0.1) is 11.3 Å². The van der Waals surface area contributed by atoms with E-state index in [1.54, 1.807) is 32.2 Å². The van der Waals surface area contributed by atoms with Crippen molar-refractivity contribution in [3.05, 3.63) is 24.1 Å². The van der Waals surface area contributed by atoms with Gasteiger partial charge in [0.2, 0.25) is 11.8 Å². The lowest BCUT2D eigenvalue weighted by atomic mass is 9.67. The van der Waals surface area contributed by atoms with Crippen LogP contribution < -0.4 is 5.32 Å². The first kappa shape index (κ1) is 19.4.